The highest BCUT2D eigenvalue weighted by molar-refractivity contribution is 6.03. The number of rotatable bonds is 2. The Morgan fingerprint density at radius 1 is 1.50 bits per heavy atom. The summed E-state index contributed by atoms with van der Waals surface area (Å²) < 4.78 is 13.2. The zero-order chi connectivity index (χ0) is 11.5. The second-order valence-electron chi connectivity index (χ2n) is 3.41. The molecule has 0 radical (unpaired) electrons. The third kappa shape index (κ3) is 2.08. The fraction of sp³-hybridized carbons (Fsp3) is 0.0909. The van der Waals surface area contributed by atoms with Crippen LogP contribution in [0.4, 0.5) is 10.1 Å². The molecule has 1 aromatic heterocycles. The van der Waals surface area contributed by atoms with E-state index < -0.39 is 0 Å². The average Bonchev–Trinajstić information content (AvgIpc) is 2.77. The summed E-state index contributed by atoms with van der Waals surface area (Å²) in [7, 11) is 0. The number of nitrogens with one attached hydrogen (secondary N) is 2. The van der Waals surface area contributed by atoms with Crippen LogP contribution in [0.1, 0.15) is 15.9 Å². The summed E-state index contributed by atoms with van der Waals surface area (Å²) >= 11 is 0. The predicted octanol–water partition coefficient (Wildman–Crippen LogP) is 2.11. The van der Waals surface area contributed by atoms with Gasteiger partial charge in [-0.1, -0.05) is 6.07 Å². The highest BCUT2D eigenvalue weighted by Gasteiger charge is 2.07. The summed E-state index contributed by atoms with van der Waals surface area (Å²) in [5.41, 5.74) is 1.37. The van der Waals surface area contributed by atoms with Gasteiger partial charge in [0, 0.05) is 11.9 Å². The van der Waals surface area contributed by atoms with Gasteiger partial charge >= 0.3 is 0 Å². The molecule has 1 heterocycles. The summed E-state index contributed by atoms with van der Waals surface area (Å²) in [6, 6.07) is 4.55. The van der Waals surface area contributed by atoms with Crippen LogP contribution < -0.4 is 5.32 Å². The number of halogens is 1. The number of H-pyrrole nitrogens is 1. The predicted molar refractivity (Wildman–Crippen MR) is 57.7 cm³/mol. The minimum absolute atomic E-state index is 0.322. The number of carbonyl (C=O) groups excluding carboxylic acids is 1. The number of aromatic amines is 1. The van der Waals surface area contributed by atoms with E-state index in [0.717, 1.165) is 0 Å². The summed E-state index contributed by atoms with van der Waals surface area (Å²) in [4.78, 5) is 11.6. The lowest BCUT2D eigenvalue weighted by Crippen LogP contribution is -2.11. The van der Waals surface area contributed by atoms with Crippen molar-refractivity contribution >= 4 is 11.6 Å². The maximum Gasteiger partial charge on any atom is 0.258 e. The fourth-order valence-corrected chi connectivity index (χ4v) is 1.25. The first kappa shape index (κ1) is 10.4. The molecule has 2 N–H and O–H groups in total. The fourth-order valence-electron chi connectivity index (χ4n) is 1.25. The second-order valence-corrected chi connectivity index (χ2v) is 3.41. The van der Waals surface area contributed by atoms with Crippen molar-refractivity contribution in [2.45, 2.75) is 6.92 Å². The van der Waals surface area contributed by atoms with E-state index in [-0.39, 0.29) is 11.7 Å². The molecular weight excluding hydrogens is 209 g/mol. The number of nitrogens with zero attached hydrogens (tertiary/aromatic N) is 1. The standard InChI is InChI=1S/C11H10FN3O/c1-7-2-3-9(4-10(7)12)15-11(16)8-5-13-14-6-8/h2-6H,1H3,(H,13,14)(H,15,16). The minimum atomic E-state index is -0.343. The van der Waals surface area contributed by atoms with E-state index in [4.69, 9.17) is 0 Å². The van der Waals surface area contributed by atoms with Crippen LogP contribution in [0.3, 0.4) is 0 Å². The van der Waals surface area contributed by atoms with E-state index in [0.29, 0.717) is 16.8 Å². The molecular formula is C11H10FN3O. The van der Waals surface area contributed by atoms with Crippen molar-refractivity contribution in [2.24, 2.45) is 0 Å². The van der Waals surface area contributed by atoms with Crippen molar-refractivity contribution in [1.82, 2.24) is 10.2 Å². The van der Waals surface area contributed by atoms with E-state index in [1.54, 1.807) is 19.1 Å². The lowest BCUT2D eigenvalue weighted by atomic mass is 10.2. The van der Waals surface area contributed by atoms with Gasteiger partial charge in [-0.25, -0.2) is 4.39 Å². The van der Waals surface area contributed by atoms with Crippen LogP contribution in [0.5, 0.6) is 0 Å². The molecule has 2 rings (SSSR count). The molecule has 4 nitrogen and oxygen atoms in total. The molecule has 1 amide bonds. The van der Waals surface area contributed by atoms with Crippen molar-refractivity contribution in [2.75, 3.05) is 5.32 Å². The molecule has 2 aromatic rings. The molecule has 0 aliphatic heterocycles. The summed E-state index contributed by atoms with van der Waals surface area (Å²) in [6.45, 7) is 1.66. The Morgan fingerprint density at radius 3 is 2.94 bits per heavy atom. The Kier molecular flexibility index (Phi) is 2.68. The first-order chi connectivity index (χ1) is 7.66. The van der Waals surface area contributed by atoms with Crippen LogP contribution in [0.25, 0.3) is 0 Å². The van der Waals surface area contributed by atoms with Crippen LogP contribution >= 0.6 is 0 Å². The van der Waals surface area contributed by atoms with Crippen molar-refractivity contribution in [1.29, 1.82) is 0 Å². The zero-order valence-electron chi connectivity index (χ0n) is 8.62. The molecule has 0 aliphatic carbocycles. The normalized spacial score (nSPS) is 10.1. The highest BCUT2D eigenvalue weighted by Crippen LogP contribution is 2.14. The molecule has 1 aromatic carbocycles. The highest BCUT2D eigenvalue weighted by atomic mass is 19.1. The molecule has 82 valence electrons. The number of hydrogen-bond acceptors (Lipinski definition) is 2. The van der Waals surface area contributed by atoms with Gasteiger partial charge in [0.2, 0.25) is 0 Å². The van der Waals surface area contributed by atoms with Crippen LogP contribution in [0, 0.1) is 12.7 Å². The maximum atomic E-state index is 13.2. The Bertz CT molecular complexity index is 508. The van der Waals surface area contributed by atoms with E-state index in [9.17, 15) is 9.18 Å². The van der Waals surface area contributed by atoms with Gasteiger partial charge in [0.15, 0.2) is 0 Å². The van der Waals surface area contributed by atoms with E-state index in [1.165, 1.54) is 18.5 Å². The maximum absolute atomic E-state index is 13.2. The monoisotopic (exact) mass is 219 g/mol. The Labute approximate surface area is 91.5 Å². The molecule has 0 fully saturated rings. The number of aryl methyl sites for hydroxylation is 1. The van der Waals surface area contributed by atoms with E-state index >= 15 is 0 Å². The van der Waals surface area contributed by atoms with Crippen LogP contribution in [-0.2, 0) is 0 Å². The summed E-state index contributed by atoms with van der Waals surface area (Å²) in [5, 5.41) is 8.76. The molecule has 0 atom stereocenters. The minimum Gasteiger partial charge on any atom is -0.322 e. The Morgan fingerprint density at radius 2 is 2.31 bits per heavy atom. The van der Waals surface area contributed by atoms with Gasteiger partial charge in [0.1, 0.15) is 5.82 Å². The summed E-state index contributed by atoms with van der Waals surface area (Å²) in [5.74, 6) is -0.665. The van der Waals surface area contributed by atoms with Crippen molar-refractivity contribution in [3.05, 3.63) is 47.5 Å². The number of hydrogen-bond donors (Lipinski definition) is 2. The molecule has 0 bridgehead atoms. The largest absolute Gasteiger partial charge is 0.322 e. The third-order valence-corrected chi connectivity index (χ3v) is 2.19. The molecule has 0 aliphatic rings. The molecule has 16 heavy (non-hydrogen) atoms. The van der Waals surface area contributed by atoms with Gasteiger partial charge in [0.05, 0.1) is 11.8 Å². The van der Waals surface area contributed by atoms with Crippen molar-refractivity contribution in [3.8, 4) is 0 Å². The zero-order valence-corrected chi connectivity index (χ0v) is 8.62. The summed E-state index contributed by atoms with van der Waals surface area (Å²) in [6.07, 6.45) is 2.87. The van der Waals surface area contributed by atoms with Gasteiger partial charge in [0.25, 0.3) is 5.91 Å². The van der Waals surface area contributed by atoms with Gasteiger partial charge in [-0.3, -0.25) is 9.89 Å². The topological polar surface area (TPSA) is 57.8 Å². The second kappa shape index (κ2) is 4.14. The third-order valence-electron chi connectivity index (χ3n) is 2.19. The molecule has 0 spiro atoms. The van der Waals surface area contributed by atoms with Gasteiger partial charge in [-0.15, -0.1) is 0 Å². The number of carbonyl (C=O) groups is 1. The number of amides is 1. The molecule has 0 saturated heterocycles. The first-order valence-electron chi connectivity index (χ1n) is 4.73. The molecule has 0 unspecified atom stereocenters. The Hall–Kier alpha value is -2.17. The van der Waals surface area contributed by atoms with Crippen molar-refractivity contribution in [3.63, 3.8) is 0 Å². The smallest absolute Gasteiger partial charge is 0.258 e. The van der Waals surface area contributed by atoms with Crippen molar-refractivity contribution < 1.29 is 9.18 Å². The quantitative estimate of drug-likeness (QED) is 0.812. The van der Waals surface area contributed by atoms with Gasteiger partial charge in [-0.2, -0.15) is 5.10 Å². The molecule has 5 heteroatoms. The van der Waals surface area contributed by atoms with Crippen LogP contribution in [0.2, 0.25) is 0 Å². The van der Waals surface area contributed by atoms with E-state index in [1.807, 2.05) is 0 Å². The number of aromatic nitrogens is 2. The lowest BCUT2D eigenvalue weighted by Gasteiger charge is -2.04. The van der Waals surface area contributed by atoms with Crippen LogP contribution in [-0.4, -0.2) is 16.1 Å². The van der Waals surface area contributed by atoms with E-state index in [2.05, 4.69) is 15.5 Å². The lowest BCUT2D eigenvalue weighted by molar-refractivity contribution is 0.102. The number of benzene rings is 1. The van der Waals surface area contributed by atoms with Gasteiger partial charge in [-0.05, 0) is 24.6 Å². The SMILES string of the molecule is Cc1ccc(NC(=O)c2cn[nH]c2)cc1F. The van der Waals surface area contributed by atoms with Gasteiger partial charge < -0.3 is 5.32 Å². The first-order valence-corrected chi connectivity index (χ1v) is 4.73. The Balaban J connectivity index is 2.15. The van der Waals surface area contributed by atoms with Crippen LogP contribution in [0.15, 0.2) is 30.6 Å². The average molecular weight is 219 g/mol. The molecule has 0 saturated carbocycles. The number of anilines is 1.